The Morgan fingerprint density at radius 1 is 1.30 bits per heavy atom. The molecule has 11 heteroatoms. The van der Waals surface area contributed by atoms with Crippen molar-refractivity contribution in [2.75, 3.05) is 37.7 Å². The van der Waals surface area contributed by atoms with Crippen LogP contribution in [0, 0.1) is 12.8 Å². The van der Waals surface area contributed by atoms with E-state index >= 15 is 0 Å². The Balaban J connectivity index is 1.30. The predicted octanol–water partition coefficient (Wildman–Crippen LogP) is 0.691. The summed E-state index contributed by atoms with van der Waals surface area (Å²) in [6.45, 7) is 5.10. The molecule has 2 aliphatic heterocycles. The molecule has 4 rings (SSSR count). The van der Waals surface area contributed by atoms with E-state index in [9.17, 15) is 14.4 Å². The molecule has 2 aromatic rings. The lowest BCUT2D eigenvalue weighted by atomic mass is 10.1. The first kappa shape index (κ1) is 20.4. The molecule has 0 aromatic carbocycles. The number of carbonyl (C=O) groups excluding carboxylic acids is 3. The van der Waals surface area contributed by atoms with Gasteiger partial charge < -0.3 is 19.0 Å². The number of aromatic nitrogens is 1. The standard InChI is InChI=1S/C19H23N5O5S/c1-12-16(30-19(20-12)23-4-7-28-8-5-23)18(27)22-21-17(26)13-9-15(25)24(10-13)11-14-3-2-6-29-14/h2-3,6,13H,4-5,7-11H2,1H3,(H,21,26)(H,22,27). The molecule has 4 heterocycles. The lowest BCUT2D eigenvalue weighted by molar-refractivity contribution is -0.129. The molecule has 0 aliphatic carbocycles. The van der Waals surface area contributed by atoms with Crippen LogP contribution in [0.2, 0.25) is 0 Å². The summed E-state index contributed by atoms with van der Waals surface area (Å²) in [5, 5.41) is 0.766. The first-order valence-corrected chi connectivity index (χ1v) is 10.5. The van der Waals surface area contributed by atoms with E-state index in [4.69, 9.17) is 9.15 Å². The second-order valence-electron chi connectivity index (χ2n) is 7.21. The number of hydrazine groups is 1. The number of thiazole rings is 1. The molecular weight excluding hydrogens is 410 g/mol. The van der Waals surface area contributed by atoms with Crippen LogP contribution in [0.1, 0.15) is 27.5 Å². The van der Waals surface area contributed by atoms with Crippen molar-refractivity contribution in [3.05, 3.63) is 34.7 Å². The third-order valence-corrected chi connectivity index (χ3v) is 6.30. The largest absolute Gasteiger partial charge is 0.467 e. The van der Waals surface area contributed by atoms with E-state index in [-0.39, 0.29) is 18.9 Å². The normalized spacial score (nSPS) is 19.2. The maximum absolute atomic E-state index is 12.5. The zero-order chi connectivity index (χ0) is 21.1. The van der Waals surface area contributed by atoms with Crippen LogP contribution in [-0.2, 0) is 20.9 Å². The Kier molecular flexibility index (Phi) is 6.00. The maximum Gasteiger partial charge on any atom is 0.281 e. The van der Waals surface area contributed by atoms with Gasteiger partial charge in [0.1, 0.15) is 10.6 Å². The molecule has 1 unspecified atom stereocenters. The van der Waals surface area contributed by atoms with Gasteiger partial charge in [-0.3, -0.25) is 25.2 Å². The van der Waals surface area contributed by atoms with Crippen LogP contribution >= 0.6 is 11.3 Å². The third-order valence-electron chi connectivity index (χ3n) is 5.08. The van der Waals surface area contributed by atoms with Gasteiger partial charge in [0, 0.05) is 26.1 Å². The molecule has 2 aromatic heterocycles. The molecule has 2 saturated heterocycles. The van der Waals surface area contributed by atoms with Gasteiger partial charge in [0.2, 0.25) is 11.8 Å². The van der Waals surface area contributed by atoms with Gasteiger partial charge in [-0.2, -0.15) is 0 Å². The number of amides is 3. The van der Waals surface area contributed by atoms with Gasteiger partial charge in [0.05, 0.1) is 37.6 Å². The number of morpholine rings is 1. The van der Waals surface area contributed by atoms with Crippen molar-refractivity contribution in [2.45, 2.75) is 19.9 Å². The Hall–Kier alpha value is -2.92. The fourth-order valence-electron chi connectivity index (χ4n) is 3.45. The summed E-state index contributed by atoms with van der Waals surface area (Å²) in [6, 6.07) is 3.53. The minimum Gasteiger partial charge on any atom is -0.467 e. The molecule has 1 atom stereocenters. The zero-order valence-corrected chi connectivity index (χ0v) is 17.4. The topological polar surface area (TPSA) is 117 Å². The number of nitrogens with zero attached hydrogens (tertiary/aromatic N) is 3. The van der Waals surface area contributed by atoms with Crippen molar-refractivity contribution in [1.29, 1.82) is 0 Å². The van der Waals surface area contributed by atoms with E-state index in [1.807, 2.05) is 0 Å². The fraction of sp³-hybridized carbons (Fsp3) is 0.474. The number of anilines is 1. The van der Waals surface area contributed by atoms with E-state index in [1.165, 1.54) is 11.3 Å². The lowest BCUT2D eigenvalue weighted by Gasteiger charge is -2.25. The predicted molar refractivity (Wildman–Crippen MR) is 108 cm³/mol. The van der Waals surface area contributed by atoms with Crippen LogP contribution < -0.4 is 15.8 Å². The van der Waals surface area contributed by atoms with Crippen molar-refractivity contribution < 1.29 is 23.5 Å². The highest BCUT2D eigenvalue weighted by Crippen LogP contribution is 2.26. The number of carbonyl (C=O) groups is 3. The quantitative estimate of drug-likeness (QED) is 0.667. The minimum absolute atomic E-state index is 0.100. The van der Waals surface area contributed by atoms with Gasteiger partial charge in [-0.15, -0.1) is 0 Å². The van der Waals surface area contributed by atoms with Crippen molar-refractivity contribution >= 4 is 34.2 Å². The number of nitrogens with one attached hydrogen (secondary N) is 2. The average molecular weight is 433 g/mol. The first-order valence-electron chi connectivity index (χ1n) is 9.71. The summed E-state index contributed by atoms with van der Waals surface area (Å²) in [5.41, 5.74) is 5.50. The molecule has 160 valence electrons. The van der Waals surface area contributed by atoms with E-state index < -0.39 is 17.7 Å². The fourth-order valence-corrected chi connectivity index (χ4v) is 4.47. The van der Waals surface area contributed by atoms with E-state index in [0.717, 1.165) is 18.2 Å². The van der Waals surface area contributed by atoms with Gasteiger partial charge in [0.15, 0.2) is 5.13 Å². The van der Waals surface area contributed by atoms with Gasteiger partial charge in [0.25, 0.3) is 5.91 Å². The Morgan fingerprint density at radius 2 is 2.10 bits per heavy atom. The molecule has 2 aliphatic rings. The van der Waals surface area contributed by atoms with E-state index in [1.54, 1.807) is 30.2 Å². The first-order chi connectivity index (χ1) is 14.5. The number of aryl methyl sites for hydroxylation is 1. The van der Waals surface area contributed by atoms with E-state index in [2.05, 4.69) is 20.7 Å². The Morgan fingerprint density at radius 3 is 2.83 bits per heavy atom. The van der Waals surface area contributed by atoms with Crippen molar-refractivity contribution in [3.63, 3.8) is 0 Å². The minimum atomic E-state index is -0.528. The van der Waals surface area contributed by atoms with Gasteiger partial charge in [-0.25, -0.2) is 4.98 Å². The summed E-state index contributed by atoms with van der Waals surface area (Å²) in [6.07, 6.45) is 1.64. The Labute approximate surface area is 177 Å². The highest BCUT2D eigenvalue weighted by Gasteiger charge is 2.35. The second-order valence-corrected chi connectivity index (χ2v) is 8.19. The molecule has 0 radical (unpaired) electrons. The van der Waals surface area contributed by atoms with Gasteiger partial charge >= 0.3 is 0 Å². The summed E-state index contributed by atoms with van der Waals surface area (Å²) in [7, 11) is 0. The number of ether oxygens (including phenoxy) is 1. The maximum atomic E-state index is 12.5. The molecule has 2 N–H and O–H groups in total. The highest BCUT2D eigenvalue weighted by molar-refractivity contribution is 7.17. The summed E-state index contributed by atoms with van der Waals surface area (Å²) >= 11 is 1.28. The zero-order valence-electron chi connectivity index (χ0n) is 16.6. The highest BCUT2D eigenvalue weighted by atomic mass is 32.1. The average Bonchev–Trinajstić information content (AvgIpc) is 3.48. The lowest BCUT2D eigenvalue weighted by Crippen LogP contribution is -2.45. The molecule has 0 bridgehead atoms. The van der Waals surface area contributed by atoms with Gasteiger partial charge in [-0.05, 0) is 19.1 Å². The molecule has 30 heavy (non-hydrogen) atoms. The van der Waals surface area contributed by atoms with Crippen LogP contribution in [0.4, 0.5) is 5.13 Å². The van der Waals surface area contributed by atoms with Crippen LogP contribution in [0.15, 0.2) is 22.8 Å². The number of rotatable bonds is 5. The Bertz CT molecular complexity index is 922. The molecule has 10 nitrogen and oxygen atoms in total. The van der Waals surface area contributed by atoms with Crippen molar-refractivity contribution in [3.8, 4) is 0 Å². The number of likely N-dealkylation sites (tertiary alicyclic amines) is 1. The van der Waals surface area contributed by atoms with Crippen LogP contribution in [0.25, 0.3) is 0 Å². The molecule has 0 saturated carbocycles. The summed E-state index contributed by atoms with van der Waals surface area (Å²) < 4.78 is 10.6. The number of hydrogen-bond acceptors (Lipinski definition) is 8. The second kappa shape index (κ2) is 8.84. The van der Waals surface area contributed by atoms with Gasteiger partial charge in [-0.1, -0.05) is 11.3 Å². The molecule has 3 amide bonds. The van der Waals surface area contributed by atoms with Crippen molar-refractivity contribution in [2.24, 2.45) is 5.92 Å². The monoisotopic (exact) mass is 433 g/mol. The van der Waals surface area contributed by atoms with Crippen LogP contribution in [0.3, 0.4) is 0 Å². The van der Waals surface area contributed by atoms with Crippen molar-refractivity contribution in [1.82, 2.24) is 20.7 Å². The molecule has 2 fully saturated rings. The number of furan rings is 1. The number of hydrogen-bond donors (Lipinski definition) is 2. The summed E-state index contributed by atoms with van der Waals surface area (Å²) in [5.74, 6) is -0.802. The molecular formula is C19H23N5O5S. The molecule has 0 spiro atoms. The third kappa shape index (κ3) is 4.46. The van der Waals surface area contributed by atoms with Crippen LogP contribution in [0.5, 0.6) is 0 Å². The smallest absolute Gasteiger partial charge is 0.281 e. The van der Waals surface area contributed by atoms with Crippen LogP contribution in [-0.4, -0.2) is 60.5 Å². The summed E-state index contributed by atoms with van der Waals surface area (Å²) in [4.78, 5) is 45.7. The van der Waals surface area contributed by atoms with E-state index in [0.29, 0.717) is 36.1 Å². The SMILES string of the molecule is Cc1nc(N2CCOCC2)sc1C(=O)NNC(=O)C1CC(=O)N(Cc2ccco2)C1.